The summed E-state index contributed by atoms with van der Waals surface area (Å²) in [5.74, 6) is 0.653. The molecule has 0 bridgehead atoms. The molecule has 0 fully saturated rings. The zero-order valence-electron chi connectivity index (χ0n) is 32.8. The van der Waals surface area contributed by atoms with E-state index in [9.17, 15) is 0 Å². The molecule has 4 nitrogen and oxygen atoms in total. The van der Waals surface area contributed by atoms with Crippen molar-refractivity contribution in [2.75, 3.05) is 0 Å². The van der Waals surface area contributed by atoms with E-state index in [-0.39, 0.29) is 5.41 Å². The average Bonchev–Trinajstić information content (AvgIpc) is 3.88. The molecule has 0 spiro atoms. The third-order valence-corrected chi connectivity index (χ3v) is 12.5. The molecule has 1 aliphatic carbocycles. The van der Waals surface area contributed by atoms with Crippen LogP contribution in [0.15, 0.2) is 194 Å². The topological polar surface area (TPSA) is 35.6 Å². The molecule has 3 aromatic heterocycles. The molecule has 0 unspecified atom stereocenters. The number of fused-ring (bicyclic) bond motifs is 9. The molecule has 278 valence electrons. The highest BCUT2D eigenvalue weighted by atomic mass is 15.2. The Hall–Kier alpha value is -7.56. The molecule has 11 aromatic rings. The van der Waals surface area contributed by atoms with Gasteiger partial charge < -0.3 is 4.57 Å². The van der Waals surface area contributed by atoms with Crippen LogP contribution in [0.5, 0.6) is 0 Å². The number of hydrogen-bond acceptors (Lipinski definition) is 2. The Kier molecular flexibility index (Phi) is 7.24. The van der Waals surface area contributed by atoms with Crippen LogP contribution in [-0.2, 0) is 5.41 Å². The van der Waals surface area contributed by atoms with Crippen molar-refractivity contribution in [3.8, 4) is 56.4 Å². The van der Waals surface area contributed by atoms with E-state index < -0.39 is 0 Å². The van der Waals surface area contributed by atoms with Crippen LogP contribution in [0.1, 0.15) is 25.0 Å². The van der Waals surface area contributed by atoms with Crippen molar-refractivity contribution in [1.82, 2.24) is 19.1 Å². The summed E-state index contributed by atoms with van der Waals surface area (Å²) >= 11 is 0. The first-order chi connectivity index (χ1) is 29.0. The van der Waals surface area contributed by atoms with Gasteiger partial charge >= 0.3 is 0 Å². The molecule has 0 atom stereocenters. The van der Waals surface area contributed by atoms with E-state index in [0.717, 1.165) is 44.8 Å². The third-order valence-electron chi connectivity index (χ3n) is 12.5. The lowest BCUT2D eigenvalue weighted by atomic mass is 9.82. The summed E-state index contributed by atoms with van der Waals surface area (Å²) in [6, 6.07) is 70.0. The highest BCUT2D eigenvalue weighted by Crippen LogP contribution is 2.51. The predicted molar refractivity (Wildman–Crippen MR) is 245 cm³/mol. The van der Waals surface area contributed by atoms with Gasteiger partial charge in [-0.25, -0.2) is 9.97 Å². The molecule has 0 aliphatic heterocycles. The van der Waals surface area contributed by atoms with Gasteiger partial charge in [-0.05, 0) is 88.0 Å². The molecule has 4 heteroatoms. The van der Waals surface area contributed by atoms with Gasteiger partial charge in [0.1, 0.15) is 0 Å². The minimum absolute atomic E-state index is 0.166. The van der Waals surface area contributed by atoms with Crippen molar-refractivity contribution < 1.29 is 0 Å². The number of rotatable bonds is 5. The van der Waals surface area contributed by atoms with Gasteiger partial charge in [0.2, 0.25) is 5.95 Å². The normalized spacial score (nSPS) is 13.1. The van der Waals surface area contributed by atoms with Crippen LogP contribution in [-0.4, -0.2) is 19.1 Å². The van der Waals surface area contributed by atoms with Crippen LogP contribution in [0.3, 0.4) is 0 Å². The highest BCUT2D eigenvalue weighted by molar-refractivity contribution is 6.14. The zero-order valence-corrected chi connectivity index (χ0v) is 32.8. The SMILES string of the molecule is CC1(C)c2ccccc2-c2cc3c4cc(-c5ccc6c7ccccc7n(-c7ccccc7)c6c5)ccc4n(-c4nc(-c5ccccc5)cc(-c5ccccc5)n4)c3cc21. The second kappa shape index (κ2) is 12.7. The zero-order chi connectivity index (χ0) is 39.2. The minimum atomic E-state index is -0.166. The molecular weight excluding hydrogens is 717 g/mol. The van der Waals surface area contributed by atoms with Gasteiger partial charge in [0, 0.05) is 43.8 Å². The standard InChI is InChI=1S/C55H38N4/c1-55(2)46-24-14-12-22-40(46)43-32-45-44-30-37(38-26-28-42-41-23-13-15-25-50(41)58(52(42)31-38)39-20-10-5-11-21-39)27-29-51(44)59(53(45)33-47(43)55)54-56-48(35-16-6-3-7-17-35)34-49(57-54)36-18-8-4-9-19-36/h3-34H,1-2H3. The first-order valence-corrected chi connectivity index (χ1v) is 20.3. The number of hydrogen-bond donors (Lipinski definition) is 0. The van der Waals surface area contributed by atoms with E-state index in [0.29, 0.717) is 5.95 Å². The van der Waals surface area contributed by atoms with Crippen LogP contribution in [0, 0.1) is 0 Å². The quantitative estimate of drug-likeness (QED) is 0.175. The van der Waals surface area contributed by atoms with Gasteiger partial charge in [-0.1, -0.05) is 153 Å². The Morgan fingerprint density at radius 1 is 0.356 bits per heavy atom. The Morgan fingerprint density at radius 2 is 0.915 bits per heavy atom. The first kappa shape index (κ1) is 33.6. The first-order valence-electron chi connectivity index (χ1n) is 20.3. The smallest absolute Gasteiger partial charge is 0.235 e. The third kappa shape index (κ3) is 5.09. The molecule has 3 heterocycles. The van der Waals surface area contributed by atoms with Gasteiger partial charge in [-0.3, -0.25) is 4.57 Å². The Labute approximate surface area is 342 Å². The lowest BCUT2D eigenvalue weighted by Crippen LogP contribution is -2.15. The maximum absolute atomic E-state index is 5.36. The van der Waals surface area contributed by atoms with E-state index in [1.54, 1.807) is 0 Å². The number of para-hydroxylation sites is 2. The minimum Gasteiger partial charge on any atom is -0.309 e. The fraction of sp³-hybridized carbons (Fsp3) is 0.0545. The fourth-order valence-corrected chi connectivity index (χ4v) is 9.66. The number of nitrogens with zero attached hydrogens (tertiary/aromatic N) is 4. The molecular formula is C55H38N4. The molecule has 1 aliphatic rings. The summed E-state index contributed by atoms with van der Waals surface area (Å²) in [6.45, 7) is 4.69. The Morgan fingerprint density at radius 3 is 1.66 bits per heavy atom. The molecule has 0 radical (unpaired) electrons. The van der Waals surface area contributed by atoms with Crippen LogP contribution >= 0.6 is 0 Å². The second-order valence-electron chi connectivity index (χ2n) is 16.2. The van der Waals surface area contributed by atoms with Crippen molar-refractivity contribution in [2.45, 2.75) is 19.3 Å². The molecule has 12 rings (SSSR count). The molecule has 0 N–H and O–H groups in total. The maximum Gasteiger partial charge on any atom is 0.235 e. The van der Waals surface area contributed by atoms with Crippen molar-refractivity contribution in [3.63, 3.8) is 0 Å². The van der Waals surface area contributed by atoms with Crippen LogP contribution < -0.4 is 0 Å². The lowest BCUT2D eigenvalue weighted by molar-refractivity contribution is 0.661. The second-order valence-corrected chi connectivity index (χ2v) is 16.2. The van der Waals surface area contributed by atoms with E-state index >= 15 is 0 Å². The predicted octanol–water partition coefficient (Wildman–Crippen LogP) is 14.0. The van der Waals surface area contributed by atoms with Crippen LogP contribution in [0.2, 0.25) is 0 Å². The van der Waals surface area contributed by atoms with Crippen LogP contribution in [0.4, 0.5) is 0 Å². The fourth-order valence-electron chi connectivity index (χ4n) is 9.66. The highest BCUT2D eigenvalue weighted by Gasteiger charge is 2.36. The summed E-state index contributed by atoms with van der Waals surface area (Å²) in [5.41, 5.74) is 17.0. The van der Waals surface area contributed by atoms with Crippen LogP contribution in [0.25, 0.3) is 100 Å². The summed E-state index contributed by atoms with van der Waals surface area (Å²) in [5, 5.41) is 4.84. The molecule has 0 amide bonds. The summed E-state index contributed by atoms with van der Waals surface area (Å²) < 4.78 is 4.69. The van der Waals surface area contributed by atoms with Crippen molar-refractivity contribution >= 4 is 43.6 Å². The molecule has 8 aromatic carbocycles. The lowest BCUT2D eigenvalue weighted by Gasteiger charge is -2.21. The maximum atomic E-state index is 5.36. The Balaban J connectivity index is 1.14. The van der Waals surface area contributed by atoms with Gasteiger partial charge in [0.05, 0.1) is 33.5 Å². The Bertz CT molecular complexity index is 3390. The van der Waals surface area contributed by atoms with Gasteiger partial charge in [0.15, 0.2) is 0 Å². The largest absolute Gasteiger partial charge is 0.309 e. The van der Waals surface area contributed by atoms with E-state index in [4.69, 9.17) is 9.97 Å². The number of aromatic nitrogens is 4. The molecule has 59 heavy (non-hydrogen) atoms. The summed E-state index contributed by atoms with van der Waals surface area (Å²) in [7, 11) is 0. The van der Waals surface area contributed by atoms with Gasteiger partial charge in [-0.15, -0.1) is 0 Å². The molecule has 0 saturated carbocycles. The summed E-state index contributed by atoms with van der Waals surface area (Å²) in [4.78, 5) is 10.7. The molecule has 0 saturated heterocycles. The van der Waals surface area contributed by atoms with Crippen molar-refractivity contribution in [3.05, 3.63) is 205 Å². The average molecular weight is 755 g/mol. The van der Waals surface area contributed by atoms with E-state index in [1.165, 1.54) is 60.4 Å². The van der Waals surface area contributed by atoms with Crippen molar-refractivity contribution in [1.29, 1.82) is 0 Å². The van der Waals surface area contributed by atoms with Crippen molar-refractivity contribution in [2.24, 2.45) is 0 Å². The number of benzene rings is 8. The van der Waals surface area contributed by atoms with E-state index in [1.807, 2.05) is 12.1 Å². The summed E-state index contributed by atoms with van der Waals surface area (Å²) in [6.07, 6.45) is 0. The monoisotopic (exact) mass is 754 g/mol. The van der Waals surface area contributed by atoms with Gasteiger partial charge in [0.25, 0.3) is 0 Å². The van der Waals surface area contributed by atoms with E-state index in [2.05, 4.69) is 205 Å². The van der Waals surface area contributed by atoms with Gasteiger partial charge in [-0.2, -0.15) is 0 Å².